The fourth-order valence-electron chi connectivity index (χ4n) is 3.15. The van der Waals surface area contributed by atoms with E-state index in [0.717, 1.165) is 38.2 Å². The lowest BCUT2D eigenvalue weighted by Gasteiger charge is -2.26. The van der Waals surface area contributed by atoms with Crippen LogP contribution < -0.4 is 0 Å². The largest absolute Gasteiger partial charge is 0.378 e. The summed E-state index contributed by atoms with van der Waals surface area (Å²) in [5.74, 6) is 0.0407. The number of hydrogen-bond acceptors (Lipinski definition) is 4. The van der Waals surface area contributed by atoms with Gasteiger partial charge in [-0.3, -0.25) is 14.4 Å². The van der Waals surface area contributed by atoms with E-state index < -0.39 is 0 Å². The Balaban J connectivity index is 1.75. The maximum Gasteiger partial charge on any atom is 0.274 e. The van der Waals surface area contributed by atoms with Crippen molar-refractivity contribution in [3.05, 3.63) is 17.5 Å². The number of aryl methyl sites for hydroxylation is 1. The van der Waals surface area contributed by atoms with E-state index in [1.807, 2.05) is 15.6 Å². The van der Waals surface area contributed by atoms with Crippen molar-refractivity contribution in [1.29, 1.82) is 0 Å². The van der Waals surface area contributed by atoms with Crippen molar-refractivity contribution in [3.8, 4) is 0 Å². The summed E-state index contributed by atoms with van der Waals surface area (Å²) >= 11 is 0. The number of carbonyl (C=O) groups is 1. The first kappa shape index (κ1) is 15.5. The molecule has 1 atom stereocenters. The second-order valence-corrected chi connectivity index (χ2v) is 6.23. The van der Waals surface area contributed by atoms with Gasteiger partial charge in [0.15, 0.2) is 5.69 Å². The van der Waals surface area contributed by atoms with Crippen LogP contribution in [0.2, 0.25) is 0 Å². The number of morpholine rings is 1. The molecule has 0 bridgehead atoms. The van der Waals surface area contributed by atoms with E-state index in [-0.39, 0.29) is 5.91 Å². The Morgan fingerprint density at radius 1 is 1.32 bits per heavy atom. The average molecular weight is 306 g/mol. The standard InChI is InChI=1S/C16H26N4O2/c1-3-13(2)19-5-4-6-20-14(12-19)11-15(17-20)16(21)18-7-9-22-10-8-18/h11,13H,3-10,12H2,1-2H3. The molecule has 2 aliphatic rings. The molecule has 0 radical (unpaired) electrons. The van der Waals surface area contributed by atoms with Crippen LogP contribution in [0, 0.1) is 0 Å². The van der Waals surface area contributed by atoms with Crippen LogP contribution in [0.25, 0.3) is 0 Å². The van der Waals surface area contributed by atoms with Crippen LogP contribution in [0.1, 0.15) is 42.9 Å². The molecule has 0 spiro atoms. The molecule has 1 saturated heterocycles. The summed E-state index contributed by atoms with van der Waals surface area (Å²) in [7, 11) is 0. The van der Waals surface area contributed by atoms with Gasteiger partial charge in [-0.25, -0.2) is 0 Å². The van der Waals surface area contributed by atoms with Crippen LogP contribution >= 0.6 is 0 Å². The van der Waals surface area contributed by atoms with E-state index in [2.05, 4.69) is 23.8 Å². The minimum Gasteiger partial charge on any atom is -0.378 e. The molecule has 1 fully saturated rings. The van der Waals surface area contributed by atoms with E-state index in [0.29, 0.717) is 38.0 Å². The van der Waals surface area contributed by atoms with Crippen LogP contribution in [-0.4, -0.2) is 64.4 Å². The molecule has 6 nitrogen and oxygen atoms in total. The minimum atomic E-state index is 0.0407. The summed E-state index contributed by atoms with van der Waals surface area (Å²) < 4.78 is 7.33. The number of amides is 1. The van der Waals surface area contributed by atoms with E-state index in [9.17, 15) is 4.79 Å². The summed E-state index contributed by atoms with van der Waals surface area (Å²) in [5, 5.41) is 4.56. The van der Waals surface area contributed by atoms with Gasteiger partial charge in [0, 0.05) is 38.8 Å². The van der Waals surface area contributed by atoms with Gasteiger partial charge in [0.1, 0.15) is 0 Å². The molecule has 2 aliphatic heterocycles. The van der Waals surface area contributed by atoms with Crippen LogP contribution in [0.4, 0.5) is 0 Å². The molecule has 0 aliphatic carbocycles. The normalized spacial score (nSPS) is 21.3. The third-order valence-electron chi connectivity index (χ3n) is 4.78. The predicted molar refractivity (Wildman–Crippen MR) is 83.7 cm³/mol. The van der Waals surface area contributed by atoms with Gasteiger partial charge < -0.3 is 9.64 Å². The van der Waals surface area contributed by atoms with E-state index >= 15 is 0 Å². The molecular weight excluding hydrogens is 280 g/mol. The molecule has 3 rings (SSSR count). The van der Waals surface area contributed by atoms with Gasteiger partial charge in [-0.2, -0.15) is 5.10 Å². The molecule has 3 heterocycles. The maximum atomic E-state index is 12.6. The smallest absolute Gasteiger partial charge is 0.274 e. The van der Waals surface area contributed by atoms with Gasteiger partial charge in [-0.15, -0.1) is 0 Å². The fraction of sp³-hybridized carbons (Fsp3) is 0.750. The minimum absolute atomic E-state index is 0.0407. The van der Waals surface area contributed by atoms with Gasteiger partial charge >= 0.3 is 0 Å². The summed E-state index contributed by atoms with van der Waals surface area (Å²) in [4.78, 5) is 16.9. The molecule has 22 heavy (non-hydrogen) atoms. The lowest BCUT2D eigenvalue weighted by Crippen LogP contribution is -2.40. The monoisotopic (exact) mass is 306 g/mol. The molecule has 1 aromatic rings. The number of rotatable bonds is 3. The van der Waals surface area contributed by atoms with Crippen molar-refractivity contribution in [2.45, 2.75) is 45.8 Å². The number of ether oxygens (including phenoxy) is 1. The zero-order chi connectivity index (χ0) is 15.5. The number of fused-ring (bicyclic) bond motifs is 1. The first-order chi connectivity index (χ1) is 10.7. The third-order valence-corrected chi connectivity index (χ3v) is 4.78. The maximum absolute atomic E-state index is 12.6. The Hall–Kier alpha value is -1.40. The Bertz CT molecular complexity index is 522. The molecule has 0 saturated carbocycles. The lowest BCUT2D eigenvalue weighted by atomic mass is 10.2. The van der Waals surface area contributed by atoms with Gasteiger partial charge in [-0.05, 0) is 25.8 Å². The summed E-state index contributed by atoms with van der Waals surface area (Å²) in [6.07, 6.45) is 2.23. The molecule has 1 aromatic heterocycles. The predicted octanol–water partition coefficient (Wildman–Crippen LogP) is 1.36. The Morgan fingerprint density at radius 2 is 2.09 bits per heavy atom. The van der Waals surface area contributed by atoms with Crippen molar-refractivity contribution >= 4 is 5.91 Å². The van der Waals surface area contributed by atoms with Gasteiger partial charge in [0.25, 0.3) is 5.91 Å². The third kappa shape index (κ3) is 3.17. The first-order valence-electron chi connectivity index (χ1n) is 8.37. The van der Waals surface area contributed by atoms with Crippen molar-refractivity contribution in [2.75, 3.05) is 32.8 Å². The van der Waals surface area contributed by atoms with Crippen LogP contribution in [-0.2, 0) is 17.8 Å². The molecule has 1 unspecified atom stereocenters. The van der Waals surface area contributed by atoms with Crippen LogP contribution in [0.15, 0.2) is 6.07 Å². The highest BCUT2D eigenvalue weighted by Crippen LogP contribution is 2.18. The zero-order valence-corrected chi connectivity index (χ0v) is 13.6. The quantitative estimate of drug-likeness (QED) is 0.846. The summed E-state index contributed by atoms with van der Waals surface area (Å²) in [6.45, 7) is 9.97. The lowest BCUT2D eigenvalue weighted by molar-refractivity contribution is 0.0298. The number of nitrogens with zero attached hydrogens (tertiary/aromatic N) is 4. The molecule has 122 valence electrons. The molecule has 0 N–H and O–H groups in total. The second-order valence-electron chi connectivity index (χ2n) is 6.23. The van der Waals surface area contributed by atoms with Gasteiger partial charge in [0.05, 0.1) is 18.9 Å². The van der Waals surface area contributed by atoms with E-state index in [1.165, 1.54) is 0 Å². The molecule has 1 amide bonds. The van der Waals surface area contributed by atoms with E-state index in [1.54, 1.807) is 0 Å². The number of carbonyl (C=O) groups excluding carboxylic acids is 1. The van der Waals surface area contributed by atoms with Crippen molar-refractivity contribution in [3.63, 3.8) is 0 Å². The Morgan fingerprint density at radius 3 is 2.82 bits per heavy atom. The SMILES string of the molecule is CCC(C)N1CCCn2nc(C(=O)N3CCOCC3)cc2C1. The van der Waals surface area contributed by atoms with Crippen LogP contribution in [0.3, 0.4) is 0 Å². The second kappa shape index (κ2) is 6.79. The highest BCUT2D eigenvalue weighted by Gasteiger charge is 2.25. The van der Waals surface area contributed by atoms with Gasteiger partial charge in [0.2, 0.25) is 0 Å². The summed E-state index contributed by atoms with van der Waals surface area (Å²) in [5.41, 5.74) is 1.75. The Kier molecular flexibility index (Phi) is 4.78. The Labute approximate surface area is 132 Å². The van der Waals surface area contributed by atoms with Crippen molar-refractivity contribution in [2.24, 2.45) is 0 Å². The van der Waals surface area contributed by atoms with Crippen molar-refractivity contribution < 1.29 is 9.53 Å². The highest BCUT2D eigenvalue weighted by atomic mass is 16.5. The zero-order valence-electron chi connectivity index (χ0n) is 13.6. The van der Waals surface area contributed by atoms with Crippen molar-refractivity contribution in [1.82, 2.24) is 19.6 Å². The number of aromatic nitrogens is 2. The summed E-state index contributed by atoms with van der Waals surface area (Å²) in [6, 6.07) is 2.55. The topological polar surface area (TPSA) is 50.6 Å². The molecular formula is C16H26N4O2. The first-order valence-corrected chi connectivity index (χ1v) is 8.37. The average Bonchev–Trinajstić information content (AvgIpc) is 2.86. The van der Waals surface area contributed by atoms with Crippen LogP contribution in [0.5, 0.6) is 0 Å². The van der Waals surface area contributed by atoms with Gasteiger partial charge in [-0.1, -0.05) is 6.92 Å². The fourth-order valence-corrected chi connectivity index (χ4v) is 3.15. The number of hydrogen-bond donors (Lipinski definition) is 0. The van der Waals surface area contributed by atoms with E-state index in [4.69, 9.17) is 4.74 Å². The molecule has 6 heteroatoms. The molecule has 0 aromatic carbocycles. The highest BCUT2D eigenvalue weighted by molar-refractivity contribution is 5.92.